The number of rotatable bonds is 2. The number of aromatic nitrogens is 2. The van der Waals surface area contributed by atoms with Crippen LogP contribution < -0.4 is 4.90 Å². The van der Waals surface area contributed by atoms with Gasteiger partial charge in [-0.15, -0.1) is 0 Å². The number of nitrogens with zero attached hydrogens (tertiary/aromatic N) is 4. The van der Waals surface area contributed by atoms with Crippen LogP contribution >= 0.6 is 15.9 Å². The topological polar surface area (TPSA) is 40.8 Å². The molecule has 0 atom stereocenters. The number of aryl methyl sites for hydroxylation is 3. The lowest BCUT2D eigenvalue weighted by molar-refractivity contribution is 0.0739. The van der Waals surface area contributed by atoms with Gasteiger partial charge >= 0.3 is 0 Å². The maximum atomic E-state index is 13.3. The van der Waals surface area contributed by atoms with Crippen molar-refractivity contribution >= 4 is 33.2 Å². The van der Waals surface area contributed by atoms with Crippen molar-refractivity contribution in [2.75, 3.05) is 31.1 Å². The summed E-state index contributed by atoms with van der Waals surface area (Å²) in [5, 5.41) is 0. The summed E-state index contributed by atoms with van der Waals surface area (Å²) in [4.78, 5) is 22.3. The zero-order valence-electron chi connectivity index (χ0n) is 16.8. The molecule has 1 saturated heterocycles. The minimum absolute atomic E-state index is 0.0584. The second-order valence-corrected chi connectivity index (χ2v) is 8.49. The molecule has 1 aromatic carbocycles. The molecule has 4 rings (SSSR count). The Labute approximate surface area is 174 Å². The molecule has 0 radical (unpaired) electrons. The highest BCUT2D eigenvalue weighted by molar-refractivity contribution is 9.10. The number of fused-ring (bicyclic) bond motifs is 1. The van der Waals surface area contributed by atoms with E-state index in [0.29, 0.717) is 18.8 Å². The lowest BCUT2D eigenvalue weighted by atomic mass is 10.1. The number of carbonyl (C=O) groups excluding carboxylic acids is 1. The van der Waals surface area contributed by atoms with Crippen LogP contribution in [0.3, 0.4) is 0 Å². The Balaban J connectivity index is 1.57. The third-order valence-corrected chi connectivity index (χ3v) is 6.16. The van der Waals surface area contributed by atoms with Gasteiger partial charge in [0.1, 0.15) is 11.3 Å². The van der Waals surface area contributed by atoms with Crippen LogP contribution in [0.25, 0.3) is 5.65 Å². The molecule has 1 aliphatic rings. The number of hydrogen-bond donors (Lipinski definition) is 0. The Bertz CT molecular complexity index is 1060. The Kier molecular flexibility index (Phi) is 4.91. The zero-order chi connectivity index (χ0) is 20.0. The van der Waals surface area contributed by atoms with E-state index in [9.17, 15) is 4.79 Å². The summed E-state index contributed by atoms with van der Waals surface area (Å²) in [5.74, 6) is 0.0584. The van der Waals surface area contributed by atoms with Crippen LogP contribution in [0.5, 0.6) is 0 Å². The fourth-order valence-electron chi connectivity index (χ4n) is 4.02. The van der Waals surface area contributed by atoms with Crippen molar-refractivity contribution in [3.8, 4) is 0 Å². The summed E-state index contributed by atoms with van der Waals surface area (Å²) in [6.45, 7) is 11.4. The van der Waals surface area contributed by atoms with Crippen LogP contribution in [-0.2, 0) is 0 Å². The molecule has 0 N–H and O–H groups in total. The SMILES string of the molecule is Cc1cccc(N2CCN(C(=O)c3c(C)nc4c(C)cc(Br)cn34)CC2)c1C. The van der Waals surface area contributed by atoms with Gasteiger partial charge in [0.25, 0.3) is 5.91 Å². The number of imidazole rings is 1. The van der Waals surface area contributed by atoms with E-state index in [2.05, 4.69) is 57.9 Å². The summed E-state index contributed by atoms with van der Waals surface area (Å²) >= 11 is 3.54. The second-order valence-electron chi connectivity index (χ2n) is 7.58. The summed E-state index contributed by atoms with van der Waals surface area (Å²) in [6.07, 6.45) is 1.93. The maximum absolute atomic E-state index is 13.3. The van der Waals surface area contributed by atoms with Gasteiger partial charge in [0.2, 0.25) is 0 Å². The van der Waals surface area contributed by atoms with E-state index >= 15 is 0 Å². The van der Waals surface area contributed by atoms with Crippen molar-refractivity contribution in [2.24, 2.45) is 0 Å². The van der Waals surface area contributed by atoms with Crippen LogP contribution in [0.4, 0.5) is 5.69 Å². The minimum Gasteiger partial charge on any atom is -0.368 e. The van der Waals surface area contributed by atoms with Crippen LogP contribution in [0.15, 0.2) is 34.9 Å². The third-order valence-electron chi connectivity index (χ3n) is 5.73. The smallest absolute Gasteiger partial charge is 0.272 e. The van der Waals surface area contributed by atoms with Gasteiger partial charge < -0.3 is 9.80 Å². The maximum Gasteiger partial charge on any atom is 0.272 e. The van der Waals surface area contributed by atoms with Crippen molar-refractivity contribution in [3.63, 3.8) is 0 Å². The fraction of sp³-hybridized carbons (Fsp3) is 0.364. The quantitative estimate of drug-likeness (QED) is 0.596. The van der Waals surface area contributed by atoms with Crippen LogP contribution in [-0.4, -0.2) is 46.4 Å². The fourth-order valence-corrected chi connectivity index (χ4v) is 4.57. The average Bonchev–Trinajstić information content (AvgIpc) is 3.00. The van der Waals surface area contributed by atoms with Crippen LogP contribution in [0, 0.1) is 27.7 Å². The monoisotopic (exact) mass is 440 g/mol. The molecule has 5 nitrogen and oxygen atoms in total. The number of halogens is 1. The number of anilines is 1. The molecule has 0 saturated carbocycles. The Morgan fingerprint density at radius 3 is 2.46 bits per heavy atom. The number of hydrogen-bond acceptors (Lipinski definition) is 3. The molecular formula is C22H25BrN4O. The molecule has 2 aromatic heterocycles. The van der Waals surface area contributed by atoms with Crippen molar-refractivity contribution in [1.29, 1.82) is 0 Å². The van der Waals surface area contributed by atoms with E-state index in [4.69, 9.17) is 0 Å². The van der Waals surface area contributed by atoms with Gasteiger partial charge in [-0.05, 0) is 72.4 Å². The summed E-state index contributed by atoms with van der Waals surface area (Å²) in [7, 11) is 0. The number of benzene rings is 1. The molecule has 0 unspecified atom stereocenters. The van der Waals surface area contributed by atoms with Crippen LogP contribution in [0.1, 0.15) is 32.9 Å². The molecule has 146 valence electrons. The first kappa shape index (κ1) is 19.0. The van der Waals surface area contributed by atoms with E-state index in [-0.39, 0.29) is 5.91 Å². The first-order valence-electron chi connectivity index (χ1n) is 9.62. The van der Waals surface area contributed by atoms with Gasteiger partial charge in [0, 0.05) is 42.5 Å². The number of pyridine rings is 1. The summed E-state index contributed by atoms with van der Waals surface area (Å²) < 4.78 is 2.87. The highest BCUT2D eigenvalue weighted by Crippen LogP contribution is 2.25. The lowest BCUT2D eigenvalue weighted by Gasteiger charge is -2.37. The Morgan fingerprint density at radius 2 is 1.75 bits per heavy atom. The van der Waals surface area contributed by atoms with Gasteiger partial charge in [0.15, 0.2) is 0 Å². The molecule has 0 aliphatic carbocycles. The first-order chi connectivity index (χ1) is 13.4. The van der Waals surface area contributed by atoms with E-state index < -0.39 is 0 Å². The van der Waals surface area contributed by atoms with Crippen molar-refractivity contribution in [1.82, 2.24) is 14.3 Å². The van der Waals surface area contributed by atoms with Crippen molar-refractivity contribution < 1.29 is 4.79 Å². The molecule has 1 fully saturated rings. The summed E-state index contributed by atoms with van der Waals surface area (Å²) in [5.41, 5.74) is 7.24. The van der Waals surface area contributed by atoms with Gasteiger partial charge in [-0.25, -0.2) is 4.98 Å². The van der Waals surface area contributed by atoms with Gasteiger partial charge in [-0.1, -0.05) is 12.1 Å². The van der Waals surface area contributed by atoms with Gasteiger partial charge in [0.05, 0.1) is 5.69 Å². The largest absolute Gasteiger partial charge is 0.368 e. The molecule has 1 aliphatic heterocycles. The van der Waals surface area contributed by atoms with Crippen molar-refractivity contribution in [3.05, 3.63) is 63.0 Å². The molecule has 28 heavy (non-hydrogen) atoms. The normalized spacial score (nSPS) is 14.8. The molecular weight excluding hydrogens is 416 g/mol. The minimum atomic E-state index is 0.0584. The second kappa shape index (κ2) is 7.24. The predicted molar refractivity (Wildman–Crippen MR) is 116 cm³/mol. The highest BCUT2D eigenvalue weighted by atomic mass is 79.9. The number of carbonyl (C=O) groups is 1. The molecule has 0 bridgehead atoms. The lowest BCUT2D eigenvalue weighted by Crippen LogP contribution is -2.49. The van der Waals surface area contributed by atoms with Gasteiger partial charge in [-0.3, -0.25) is 9.20 Å². The van der Waals surface area contributed by atoms with Crippen molar-refractivity contribution in [2.45, 2.75) is 27.7 Å². The molecule has 6 heteroatoms. The molecule has 0 spiro atoms. The number of piperazine rings is 1. The third kappa shape index (κ3) is 3.20. The highest BCUT2D eigenvalue weighted by Gasteiger charge is 2.27. The Morgan fingerprint density at radius 1 is 1.04 bits per heavy atom. The molecule has 3 heterocycles. The average molecular weight is 441 g/mol. The molecule has 3 aromatic rings. The van der Waals surface area contributed by atoms with E-state index in [1.165, 1.54) is 16.8 Å². The predicted octanol–water partition coefficient (Wildman–Crippen LogP) is 4.29. The summed E-state index contributed by atoms with van der Waals surface area (Å²) in [6, 6.07) is 8.46. The number of amides is 1. The van der Waals surface area contributed by atoms with E-state index in [0.717, 1.165) is 34.5 Å². The molecule has 1 amide bonds. The van der Waals surface area contributed by atoms with Gasteiger partial charge in [-0.2, -0.15) is 0 Å². The standard InChI is InChI=1S/C22H25BrN4O/c1-14-6-5-7-19(16(14)3)25-8-10-26(11-9-25)22(28)20-17(4)24-21-15(2)12-18(23)13-27(20)21/h5-7,12-13H,8-11H2,1-4H3. The zero-order valence-corrected chi connectivity index (χ0v) is 18.4. The van der Waals surface area contributed by atoms with E-state index in [1.807, 2.05) is 35.4 Å². The Hall–Kier alpha value is -2.34. The van der Waals surface area contributed by atoms with E-state index in [1.54, 1.807) is 0 Å². The first-order valence-corrected chi connectivity index (χ1v) is 10.4. The van der Waals surface area contributed by atoms with Crippen LogP contribution in [0.2, 0.25) is 0 Å².